The Morgan fingerprint density at radius 3 is 2.33 bits per heavy atom. The molecule has 1 fully saturated rings. The predicted molar refractivity (Wildman–Crippen MR) is 147 cm³/mol. The number of hydrogen-bond donors (Lipinski definition) is 2. The first-order valence-electron chi connectivity index (χ1n) is 13.1. The molecule has 1 aromatic heterocycles. The number of hydrogen-bond acceptors (Lipinski definition) is 5. The lowest BCUT2D eigenvalue weighted by Crippen LogP contribution is -2.43. The van der Waals surface area contributed by atoms with Crippen molar-refractivity contribution in [1.29, 1.82) is 0 Å². The number of rotatable bonds is 7. The predicted octanol–water partition coefficient (Wildman–Crippen LogP) is 5.62. The van der Waals surface area contributed by atoms with Gasteiger partial charge in [0.05, 0.1) is 21.6 Å². The normalized spacial score (nSPS) is 15.3. The van der Waals surface area contributed by atoms with E-state index in [2.05, 4.69) is 15.6 Å². The highest BCUT2D eigenvalue weighted by molar-refractivity contribution is 7.92. The summed E-state index contributed by atoms with van der Waals surface area (Å²) < 4.78 is 76.5. The Kier molecular flexibility index (Phi) is 8.36. The summed E-state index contributed by atoms with van der Waals surface area (Å²) in [6.45, 7) is 8.34. The molecular weight excluding hydrogens is 547 g/mol. The van der Waals surface area contributed by atoms with Crippen LogP contribution < -0.4 is 14.9 Å². The Morgan fingerprint density at radius 1 is 1.10 bits per heavy atom. The summed E-state index contributed by atoms with van der Waals surface area (Å²) in [6, 6.07) is 9.62. The van der Waals surface area contributed by atoms with Crippen LogP contribution in [-0.4, -0.2) is 49.3 Å². The molecule has 1 aliphatic rings. The van der Waals surface area contributed by atoms with Gasteiger partial charge in [0.1, 0.15) is 0 Å². The summed E-state index contributed by atoms with van der Waals surface area (Å²) in [5.74, 6) is -0.980. The molecule has 2 aromatic carbocycles. The number of fused-ring (bicyclic) bond motifs is 1. The van der Waals surface area contributed by atoms with Gasteiger partial charge in [0.2, 0.25) is 5.82 Å². The zero-order valence-corrected chi connectivity index (χ0v) is 23.7. The molecule has 0 radical (unpaired) electrons. The van der Waals surface area contributed by atoms with Gasteiger partial charge >= 0.3 is 12.2 Å². The van der Waals surface area contributed by atoms with E-state index in [4.69, 9.17) is 4.74 Å². The number of carbonyl (C=O) groups excluding carboxylic acids is 1. The lowest BCUT2D eigenvalue weighted by Gasteiger charge is -2.24. The number of nitrogens with zero attached hydrogens (tertiary/aromatic N) is 3. The number of ether oxygens (including phenoxy) is 1. The summed E-state index contributed by atoms with van der Waals surface area (Å²) >= 11 is 0. The number of sulfonamides is 1. The first-order valence-corrected chi connectivity index (χ1v) is 14.5. The molecule has 1 saturated heterocycles. The maximum Gasteiger partial charge on any atom is 0.449 e. The van der Waals surface area contributed by atoms with E-state index in [0.29, 0.717) is 37.3 Å². The van der Waals surface area contributed by atoms with E-state index in [9.17, 15) is 26.4 Å². The minimum atomic E-state index is -4.67. The van der Waals surface area contributed by atoms with Crippen LogP contribution in [0.2, 0.25) is 0 Å². The van der Waals surface area contributed by atoms with Crippen LogP contribution >= 0.6 is 0 Å². The van der Waals surface area contributed by atoms with Crippen LogP contribution in [0.5, 0.6) is 0 Å². The molecule has 40 heavy (non-hydrogen) atoms. The largest absolute Gasteiger partial charge is 0.449 e. The van der Waals surface area contributed by atoms with Gasteiger partial charge in [0.25, 0.3) is 10.0 Å². The minimum Gasteiger partial charge on any atom is -0.381 e. The Bertz CT molecular complexity index is 1460. The highest BCUT2D eigenvalue weighted by Crippen LogP contribution is 2.35. The van der Waals surface area contributed by atoms with Crippen molar-refractivity contribution in [3.63, 3.8) is 0 Å². The molecule has 0 aliphatic carbocycles. The maximum atomic E-state index is 13.9. The van der Waals surface area contributed by atoms with Crippen LogP contribution in [0.25, 0.3) is 11.0 Å². The van der Waals surface area contributed by atoms with E-state index >= 15 is 0 Å². The van der Waals surface area contributed by atoms with Crippen molar-refractivity contribution in [3.8, 4) is 0 Å². The van der Waals surface area contributed by atoms with Crippen molar-refractivity contribution >= 4 is 38.5 Å². The van der Waals surface area contributed by atoms with Gasteiger partial charge in [-0.05, 0) is 88.9 Å². The van der Waals surface area contributed by atoms with Gasteiger partial charge < -0.3 is 19.9 Å². The molecule has 218 valence electrons. The van der Waals surface area contributed by atoms with E-state index in [0.717, 1.165) is 4.31 Å². The standard InChI is InChI=1S/C27H34F3N5O4S/c1-5-35(40(37,38)21-9-6-19(7-10-21)31-25(36)33-26(2,3)4)20-8-11-23-22(16-20)32-24(27(28,29)30)34(23)17-18-12-14-39-15-13-18/h6-11,16,18H,5,12-15,17H2,1-4H3,(H2,31,33,36). The highest BCUT2D eigenvalue weighted by atomic mass is 32.2. The van der Waals surface area contributed by atoms with Gasteiger partial charge in [0.15, 0.2) is 0 Å². The number of amides is 2. The van der Waals surface area contributed by atoms with Crippen molar-refractivity contribution in [2.75, 3.05) is 29.4 Å². The number of urea groups is 1. The van der Waals surface area contributed by atoms with Gasteiger partial charge in [-0.2, -0.15) is 13.2 Å². The maximum absolute atomic E-state index is 13.9. The third-order valence-electron chi connectivity index (χ3n) is 6.53. The number of carbonyl (C=O) groups is 1. The third-order valence-corrected chi connectivity index (χ3v) is 8.45. The van der Waals surface area contributed by atoms with Crippen molar-refractivity contribution in [1.82, 2.24) is 14.9 Å². The Balaban J connectivity index is 1.62. The topological polar surface area (TPSA) is 106 Å². The number of nitrogens with one attached hydrogen (secondary N) is 2. The minimum absolute atomic E-state index is 0.0245. The van der Waals surface area contributed by atoms with E-state index in [1.165, 1.54) is 47.0 Å². The fraction of sp³-hybridized carbons (Fsp3) is 0.481. The van der Waals surface area contributed by atoms with E-state index < -0.39 is 33.6 Å². The SMILES string of the molecule is CCN(c1ccc2c(c1)nc(C(F)(F)F)n2CC1CCOCC1)S(=O)(=O)c1ccc(NC(=O)NC(C)(C)C)cc1. The van der Waals surface area contributed by atoms with Crippen molar-refractivity contribution in [3.05, 3.63) is 48.3 Å². The quantitative estimate of drug-likeness (QED) is 0.377. The average molecular weight is 582 g/mol. The molecular formula is C27H34F3N5O4S. The number of anilines is 2. The fourth-order valence-electron chi connectivity index (χ4n) is 4.69. The van der Waals surface area contributed by atoms with Crippen molar-refractivity contribution in [2.45, 2.75) is 63.7 Å². The van der Waals surface area contributed by atoms with Crippen LogP contribution in [0.3, 0.4) is 0 Å². The summed E-state index contributed by atoms with van der Waals surface area (Å²) in [4.78, 5) is 16.0. The Labute approximate surface area is 231 Å². The van der Waals surface area contributed by atoms with Crippen LogP contribution in [0.1, 0.15) is 46.4 Å². The second-order valence-corrected chi connectivity index (χ2v) is 12.7. The van der Waals surface area contributed by atoms with Crippen molar-refractivity contribution in [2.24, 2.45) is 5.92 Å². The Hall–Kier alpha value is -3.32. The van der Waals surface area contributed by atoms with E-state index in [-0.39, 0.29) is 35.1 Å². The molecule has 0 bridgehead atoms. The zero-order chi connectivity index (χ0) is 29.3. The van der Waals surface area contributed by atoms with Gasteiger partial charge in [0, 0.05) is 37.5 Å². The smallest absolute Gasteiger partial charge is 0.381 e. The molecule has 0 saturated carbocycles. The average Bonchev–Trinajstić information content (AvgIpc) is 3.22. The summed E-state index contributed by atoms with van der Waals surface area (Å²) in [7, 11) is -4.07. The second-order valence-electron chi connectivity index (χ2n) is 10.8. The van der Waals surface area contributed by atoms with Crippen molar-refractivity contribution < 1.29 is 31.1 Å². The monoisotopic (exact) mass is 581 g/mol. The molecule has 3 aromatic rings. The molecule has 0 spiro atoms. The van der Waals surface area contributed by atoms with Crippen LogP contribution in [0.15, 0.2) is 47.4 Å². The molecule has 2 amide bonds. The highest BCUT2D eigenvalue weighted by Gasteiger charge is 2.38. The summed E-state index contributed by atoms with van der Waals surface area (Å²) in [5, 5.41) is 5.41. The first-order chi connectivity index (χ1) is 18.7. The van der Waals surface area contributed by atoms with Crippen LogP contribution in [0, 0.1) is 5.92 Å². The number of imidazole rings is 1. The van der Waals surface area contributed by atoms with Gasteiger partial charge in [-0.3, -0.25) is 4.31 Å². The van der Waals surface area contributed by atoms with Crippen LogP contribution in [-0.2, 0) is 27.5 Å². The fourth-order valence-corrected chi connectivity index (χ4v) is 6.16. The molecule has 2 N–H and O–H groups in total. The molecule has 0 unspecified atom stereocenters. The zero-order valence-electron chi connectivity index (χ0n) is 22.9. The molecule has 1 aliphatic heterocycles. The molecule has 13 heteroatoms. The third kappa shape index (κ3) is 6.69. The molecule has 4 rings (SSSR count). The number of alkyl halides is 3. The molecule has 0 atom stereocenters. The Morgan fingerprint density at radius 2 is 1.75 bits per heavy atom. The number of halogens is 3. The number of aromatic nitrogens is 2. The summed E-state index contributed by atoms with van der Waals surface area (Å²) in [6.07, 6.45) is -3.35. The number of benzene rings is 2. The van der Waals surface area contributed by atoms with Crippen LogP contribution in [0.4, 0.5) is 29.3 Å². The second kappa shape index (κ2) is 11.3. The van der Waals surface area contributed by atoms with Gasteiger partial charge in [-0.25, -0.2) is 18.2 Å². The lowest BCUT2D eigenvalue weighted by molar-refractivity contribution is -0.147. The lowest BCUT2D eigenvalue weighted by atomic mass is 10.0. The van der Waals surface area contributed by atoms with E-state index in [1.54, 1.807) is 6.92 Å². The molecule has 9 nitrogen and oxygen atoms in total. The first kappa shape index (κ1) is 29.7. The summed E-state index contributed by atoms with van der Waals surface area (Å²) in [5.41, 5.74) is 0.512. The van der Waals surface area contributed by atoms with Gasteiger partial charge in [-0.15, -0.1) is 0 Å². The van der Waals surface area contributed by atoms with Gasteiger partial charge in [-0.1, -0.05) is 0 Å². The molecule has 2 heterocycles. The van der Waals surface area contributed by atoms with E-state index in [1.807, 2.05) is 20.8 Å².